The molecule has 80 valence electrons. The molecule has 0 aliphatic rings. The summed E-state index contributed by atoms with van der Waals surface area (Å²) >= 11 is 4.98. The van der Waals surface area contributed by atoms with E-state index in [0.29, 0.717) is 0 Å². The van der Waals surface area contributed by atoms with Crippen molar-refractivity contribution in [1.82, 2.24) is 4.98 Å². The minimum absolute atomic E-state index is 0.795. The highest BCUT2D eigenvalue weighted by Gasteiger charge is 2.28. The van der Waals surface area contributed by atoms with Crippen LogP contribution >= 0.6 is 11.6 Å². The van der Waals surface area contributed by atoms with Gasteiger partial charge >= 0.3 is 5.82 Å². The molecule has 0 amide bonds. The molecule has 0 bridgehead atoms. The van der Waals surface area contributed by atoms with Gasteiger partial charge in [-0.2, -0.15) is 0 Å². The lowest BCUT2D eigenvalue weighted by Gasteiger charge is -2.03. The van der Waals surface area contributed by atoms with Crippen LogP contribution in [0, 0.1) is 10.1 Å². The van der Waals surface area contributed by atoms with Gasteiger partial charge < -0.3 is 10.1 Å². The maximum absolute atomic E-state index is 12.4. The number of nitrogens with zero attached hydrogens (tertiary/aromatic N) is 2. The molecule has 5 nitrogen and oxygen atoms in total. The SMILES string of the molecule is O=C(Cl)c1c(C(F)F)ccnc1[N+](=O)[O-]. The van der Waals surface area contributed by atoms with E-state index in [4.69, 9.17) is 11.6 Å². The van der Waals surface area contributed by atoms with Crippen LogP contribution in [0.4, 0.5) is 14.6 Å². The Morgan fingerprint density at radius 3 is 2.60 bits per heavy atom. The molecule has 1 aromatic rings. The average Bonchev–Trinajstić information content (AvgIpc) is 2.16. The van der Waals surface area contributed by atoms with E-state index in [0.717, 1.165) is 12.3 Å². The highest BCUT2D eigenvalue weighted by atomic mass is 35.5. The van der Waals surface area contributed by atoms with Gasteiger partial charge in [0.2, 0.25) is 0 Å². The Hall–Kier alpha value is -1.63. The number of alkyl halides is 2. The predicted molar refractivity (Wildman–Crippen MR) is 46.0 cm³/mol. The summed E-state index contributed by atoms with van der Waals surface area (Å²) in [5.74, 6) is -0.965. The van der Waals surface area contributed by atoms with Crippen molar-refractivity contribution in [2.75, 3.05) is 0 Å². The first-order valence-electron chi connectivity index (χ1n) is 3.56. The van der Waals surface area contributed by atoms with Crippen molar-refractivity contribution in [3.8, 4) is 0 Å². The average molecular weight is 237 g/mol. The third-order valence-corrected chi connectivity index (χ3v) is 1.76. The lowest BCUT2D eigenvalue weighted by atomic mass is 10.1. The first-order valence-corrected chi connectivity index (χ1v) is 3.94. The van der Waals surface area contributed by atoms with Crippen molar-refractivity contribution >= 4 is 22.7 Å². The lowest BCUT2D eigenvalue weighted by molar-refractivity contribution is -0.389. The maximum Gasteiger partial charge on any atom is 0.376 e. The van der Waals surface area contributed by atoms with Crippen LogP contribution in [0.15, 0.2) is 12.3 Å². The molecule has 0 unspecified atom stereocenters. The van der Waals surface area contributed by atoms with Crippen LogP contribution in [0.3, 0.4) is 0 Å². The Morgan fingerprint density at radius 1 is 1.60 bits per heavy atom. The lowest BCUT2D eigenvalue weighted by Crippen LogP contribution is -2.05. The largest absolute Gasteiger partial charge is 0.376 e. The van der Waals surface area contributed by atoms with Gasteiger partial charge in [-0.15, -0.1) is 0 Å². The zero-order chi connectivity index (χ0) is 11.6. The van der Waals surface area contributed by atoms with Crippen LogP contribution in [-0.4, -0.2) is 15.1 Å². The smallest absolute Gasteiger partial charge is 0.358 e. The number of aromatic nitrogens is 1. The van der Waals surface area contributed by atoms with Crippen LogP contribution in [0.5, 0.6) is 0 Å². The van der Waals surface area contributed by atoms with Crippen molar-refractivity contribution in [2.45, 2.75) is 6.43 Å². The standard InChI is InChI=1S/C7H3ClF2N2O3/c8-5(13)4-3(6(9)10)1-2-11-7(4)12(14)15/h1-2,6H. The Bertz CT molecular complexity index is 425. The molecule has 0 aliphatic carbocycles. The monoisotopic (exact) mass is 236 g/mol. The number of hydrogen-bond acceptors (Lipinski definition) is 4. The fourth-order valence-electron chi connectivity index (χ4n) is 0.987. The summed E-state index contributed by atoms with van der Waals surface area (Å²) in [7, 11) is 0. The molecule has 1 heterocycles. The number of carbonyl (C=O) groups is 1. The molecule has 0 saturated heterocycles. The topological polar surface area (TPSA) is 73.1 Å². The number of nitro groups is 1. The molecule has 8 heteroatoms. The van der Waals surface area contributed by atoms with Gasteiger partial charge in [0.05, 0.1) is 0 Å². The second kappa shape index (κ2) is 4.26. The molecule has 1 aromatic heterocycles. The van der Waals surface area contributed by atoms with E-state index in [1.807, 2.05) is 0 Å². The third-order valence-electron chi connectivity index (χ3n) is 1.57. The normalized spacial score (nSPS) is 10.4. The van der Waals surface area contributed by atoms with Gasteiger partial charge in [-0.1, -0.05) is 0 Å². The summed E-state index contributed by atoms with van der Waals surface area (Å²) in [5, 5.41) is 9.06. The molecular weight excluding hydrogens is 234 g/mol. The minimum Gasteiger partial charge on any atom is -0.358 e. The molecule has 0 aromatic carbocycles. The fraction of sp³-hybridized carbons (Fsp3) is 0.143. The Balaban J connectivity index is 3.48. The quantitative estimate of drug-likeness (QED) is 0.459. The van der Waals surface area contributed by atoms with Gasteiger partial charge in [0.15, 0.2) is 0 Å². The molecule has 15 heavy (non-hydrogen) atoms. The van der Waals surface area contributed by atoms with Gasteiger partial charge in [0, 0.05) is 5.56 Å². The van der Waals surface area contributed by atoms with E-state index in [1.54, 1.807) is 0 Å². The first-order chi connectivity index (χ1) is 6.95. The summed E-state index contributed by atoms with van der Waals surface area (Å²) < 4.78 is 24.7. The summed E-state index contributed by atoms with van der Waals surface area (Å²) in [4.78, 5) is 23.3. The summed E-state index contributed by atoms with van der Waals surface area (Å²) in [5.41, 5.74) is -1.66. The van der Waals surface area contributed by atoms with E-state index in [-0.39, 0.29) is 0 Å². The molecular formula is C7H3ClF2N2O3. The number of rotatable bonds is 3. The molecule has 1 rings (SSSR count). The molecule has 0 aliphatic heterocycles. The van der Waals surface area contributed by atoms with Gasteiger partial charge in [-0.25, -0.2) is 8.78 Å². The van der Waals surface area contributed by atoms with E-state index in [1.165, 1.54) is 0 Å². The van der Waals surface area contributed by atoms with E-state index in [2.05, 4.69) is 4.98 Å². The van der Waals surface area contributed by atoms with Crippen LogP contribution in [0.25, 0.3) is 0 Å². The molecule has 0 atom stereocenters. The van der Waals surface area contributed by atoms with Crippen LogP contribution in [-0.2, 0) is 0 Å². The fourth-order valence-corrected chi connectivity index (χ4v) is 1.18. The highest BCUT2D eigenvalue weighted by Crippen LogP contribution is 2.29. The van der Waals surface area contributed by atoms with Crippen LogP contribution < -0.4 is 0 Å². The Labute approximate surface area is 86.8 Å². The number of pyridine rings is 1. The van der Waals surface area contributed by atoms with Crippen LogP contribution in [0.2, 0.25) is 0 Å². The van der Waals surface area contributed by atoms with Crippen molar-refractivity contribution in [1.29, 1.82) is 0 Å². The summed E-state index contributed by atoms with van der Waals surface area (Å²) in [6, 6.07) is 0.813. The third kappa shape index (κ3) is 2.24. The molecule has 0 fully saturated rings. The van der Waals surface area contributed by atoms with Crippen molar-refractivity contribution < 1.29 is 18.5 Å². The second-order valence-electron chi connectivity index (χ2n) is 2.43. The van der Waals surface area contributed by atoms with Crippen molar-refractivity contribution in [3.63, 3.8) is 0 Å². The zero-order valence-electron chi connectivity index (χ0n) is 6.99. The van der Waals surface area contributed by atoms with E-state index in [9.17, 15) is 23.7 Å². The Kier molecular flexibility index (Phi) is 3.25. The van der Waals surface area contributed by atoms with E-state index >= 15 is 0 Å². The zero-order valence-corrected chi connectivity index (χ0v) is 7.74. The minimum atomic E-state index is -3.02. The summed E-state index contributed by atoms with van der Waals surface area (Å²) in [6.07, 6.45) is -2.20. The second-order valence-corrected chi connectivity index (χ2v) is 2.77. The Morgan fingerprint density at radius 2 is 2.20 bits per heavy atom. The molecule has 0 spiro atoms. The van der Waals surface area contributed by atoms with Gasteiger partial charge in [0.1, 0.15) is 11.8 Å². The number of halogens is 3. The number of hydrogen-bond donors (Lipinski definition) is 0. The van der Waals surface area contributed by atoms with Crippen molar-refractivity contribution in [3.05, 3.63) is 33.5 Å². The van der Waals surface area contributed by atoms with Gasteiger partial charge in [-0.05, 0) is 27.6 Å². The van der Waals surface area contributed by atoms with Crippen molar-refractivity contribution in [2.24, 2.45) is 0 Å². The predicted octanol–water partition coefficient (Wildman–Crippen LogP) is 2.31. The summed E-state index contributed by atoms with van der Waals surface area (Å²) in [6.45, 7) is 0. The maximum atomic E-state index is 12.4. The number of carbonyl (C=O) groups excluding carboxylic acids is 1. The highest BCUT2D eigenvalue weighted by molar-refractivity contribution is 6.68. The van der Waals surface area contributed by atoms with Gasteiger partial charge in [-0.3, -0.25) is 4.79 Å². The van der Waals surface area contributed by atoms with E-state index < -0.39 is 33.5 Å². The van der Waals surface area contributed by atoms with Crippen LogP contribution in [0.1, 0.15) is 22.3 Å². The van der Waals surface area contributed by atoms with Gasteiger partial charge in [0.25, 0.3) is 11.7 Å². The molecule has 0 saturated carbocycles. The first kappa shape index (κ1) is 11.4. The molecule has 0 radical (unpaired) electrons. The molecule has 0 N–H and O–H groups in total.